The Bertz CT molecular complexity index is 975. The molecular weight excluding hydrogens is 340 g/mol. The van der Waals surface area contributed by atoms with Crippen molar-refractivity contribution in [2.24, 2.45) is 0 Å². The maximum absolute atomic E-state index is 12.7. The van der Waals surface area contributed by atoms with Crippen LogP contribution in [0.5, 0.6) is 11.5 Å². The molecule has 1 aromatic heterocycles. The molecule has 0 aliphatic heterocycles. The van der Waals surface area contributed by atoms with Crippen LogP contribution in [-0.4, -0.2) is 24.6 Å². The first-order valence-corrected chi connectivity index (χ1v) is 9.14. The maximum Gasteiger partial charge on any atom is 0.268 e. The lowest BCUT2D eigenvalue weighted by atomic mass is 10.1. The lowest BCUT2D eigenvalue weighted by Crippen LogP contribution is -2.26. The summed E-state index contributed by atoms with van der Waals surface area (Å²) >= 11 is 0. The van der Waals surface area contributed by atoms with Crippen LogP contribution >= 0.6 is 0 Å². The van der Waals surface area contributed by atoms with Crippen LogP contribution in [-0.2, 0) is 0 Å². The fourth-order valence-electron chi connectivity index (χ4n) is 3.31. The molecule has 0 saturated carbocycles. The van der Waals surface area contributed by atoms with E-state index in [4.69, 9.17) is 9.47 Å². The summed E-state index contributed by atoms with van der Waals surface area (Å²) in [4.78, 5) is 15.9. The van der Waals surface area contributed by atoms with Crippen LogP contribution in [0.4, 0.5) is 0 Å². The predicted octanol–water partition coefficient (Wildman–Crippen LogP) is 4.68. The maximum atomic E-state index is 12.7. The quantitative estimate of drug-likeness (QED) is 0.666. The van der Waals surface area contributed by atoms with Gasteiger partial charge in [0, 0.05) is 10.9 Å². The number of carbonyl (C=O) groups is 1. The molecule has 142 valence electrons. The Labute approximate surface area is 159 Å². The van der Waals surface area contributed by atoms with Gasteiger partial charge in [-0.2, -0.15) is 0 Å². The zero-order chi connectivity index (χ0) is 19.6. The minimum atomic E-state index is -0.170. The van der Waals surface area contributed by atoms with E-state index in [2.05, 4.69) is 36.3 Å². The minimum absolute atomic E-state index is 0.136. The Hall–Kier alpha value is -2.95. The molecule has 0 bridgehead atoms. The third kappa shape index (κ3) is 3.92. The third-order valence-corrected chi connectivity index (χ3v) is 4.67. The molecule has 5 heteroatoms. The molecule has 0 aliphatic carbocycles. The first kappa shape index (κ1) is 18.8. The highest BCUT2D eigenvalue weighted by Gasteiger charge is 2.16. The highest BCUT2D eigenvalue weighted by molar-refractivity contribution is 5.99. The number of rotatable bonds is 6. The van der Waals surface area contributed by atoms with Gasteiger partial charge in [0.2, 0.25) is 0 Å². The second kappa shape index (κ2) is 7.74. The lowest BCUT2D eigenvalue weighted by molar-refractivity contribution is 0.0935. The van der Waals surface area contributed by atoms with Crippen molar-refractivity contribution < 1.29 is 14.3 Å². The normalized spacial score (nSPS) is 12.0. The summed E-state index contributed by atoms with van der Waals surface area (Å²) in [6, 6.07) is 11.6. The van der Waals surface area contributed by atoms with E-state index in [1.165, 1.54) is 5.56 Å². The van der Waals surface area contributed by atoms with Crippen LogP contribution in [0.1, 0.15) is 47.1 Å². The van der Waals surface area contributed by atoms with Crippen molar-refractivity contribution in [1.82, 2.24) is 10.3 Å². The molecule has 0 radical (unpaired) electrons. The van der Waals surface area contributed by atoms with E-state index in [0.29, 0.717) is 23.8 Å². The summed E-state index contributed by atoms with van der Waals surface area (Å²) in [7, 11) is 1.61. The van der Waals surface area contributed by atoms with Crippen LogP contribution in [0, 0.1) is 13.8 Å². The Morgan fingerprint density at radius 2 is 1.93 bits per heavy atom. The van der Waals surface area contributed by atoms with Crippen molar-refractivity contribution in [3.63, 3.8) is 0 Å². The molecule has 3 rings (SSSR count). The van der Waals surface area contributed by atoms with Gasteiger partial charge in [-0.15, -0.1) is 0 Å². The molecular formula is C22H26N2O3. The molecule has 2 aromatic carbocycles. The standard InChI is InChI=1S/C22H26N2O3/c1-6-27-20-8-7-16(11-21(20)26-5)15(4)23-22(25)19-12-17-14(3)9-13(2)10-18(17)24-19/h7-12,15,24H,6H2,1-5H3,(H,23,25). The summed E-state index contributed by atoms with van der Waals surface area (Å²) in [6.07, 6.45) is 0. The van der Waals surface area contributed by atoms with Crippen molar-refractivity contribution in [3.05, 3.63) is 58.8 Å². The van der Waals surface area contributed by atoms with Gasteiger partial charge in [-0.1, -0.05) is 12.1 Å². The molecule has 1 amide bonds. The summed E-state index contributed by atoms with van der Waals surface area (Å²) < 4.78 is 10.9. The van der Waals surface area contributed by atoms with Crippen LogP contribution in [0.2, 0.25) is 0 Å². The minimum Gasteiger partial charge on any atom is -0.493 e. The SMILES string of the molecule is CCOc1ccc(C(C)NC(=O)c2cc3c(C)cc(C)cc3[nH]2)cc1OC. The molecule has 1 unspecified atom stereocenters. The summed E-state index contributed by atoms with van der Waals surface area (Å²) in [5, 5.41) is 4.11. The van der Waals surface area contributed by atoms with Crippen molar-refractivity contribution in [3.8, 4) is 11.5 Å². The number of benzene rings is 2. The number of amides is 1. The van der Waals surface area contributed by atoms with Gasteiger partial charge in [0.25, 0.3) is 5.91 Å². The molecule has 0 spiro atoms. The van der Waals surface area contributed by atoms with E-state index in [1.54, 1.807) is 7.11 Å². The van der Waals surface area contributed by atoms with Gasteiger partial charge in [-0.25, -0.2) is 0 Å². The molecule has 0 saturated heterocycles. The molecule has 0 aliphatic rings. The number of H-pyrrole nitrogens is 1. The van der Waals surface area contributed by atoms with Gasteiger partial charge in [0.15, 0.2) is 11.5 Å². The van der Waals surface area contributed by atoms with E-state index in [9.17, 15) is 4.79 Å². The smallest absolute Gasteiger partial charge is 0.268 e. The first-order chi connectivity index (χ1) is 12.9. The highest BCUT2D eigenvalue weighted by Crippen LogP contribution is 2.30. The van der Waals surface area contributed by atoms with Crippen LogP contribution in [0.3, 0.4) is 0 Å². The number of fused-ring (bicyclic) bond motifs is 1. The number of ether oxygens (including phenoxy) is 2. The van der Waals surface area contributed by atoms with Gasteiger partial charge >= 0.3 is 0 Å². The average molecular weight is 366 g/mol. The molecule has 2 N–H and O–H groups in total. The number of nitrogens with one attached hydrogen (secondary N) is 2. The molecule has 3 aromatic rings. The van der Waals surface area contributed by atoms with Gasteiger partial charge in [0.05, 0.1) is 19.8 Å². The van der Waals surface area contributed by atoms with Gasteiger partial charge in [-0.3, -0.25) is 4.79 Å². The van der Waals surface area contributed by atoms with Crippen LogP contribution in [0.25, 0.3) is 10.9 Å². The fourth-order valence-corrected chi connectivity index (χ4v) is 3.31. The molecule has 1 heterocycles. The van der Waals surface area contributed by atoms with Crippen molar-refractivity contribution >= 4 is 16.8 Å². The predicted molar refractivity (Wildman–Crippen MR) is 108 cm³/mol. The van der Waals surface area contributed by atoms with Crippen molar-refractivity contribution in [1.29, 1.82) is 0 Å². The number of aromatic nitrogens is 1. The number of hydrogen-bond acceptors (Lipinski definition) is 3. The summed E-state index contributed by atoms with van der Waals surface area (Å²) in [6.45, 7) is 8.56. The van der Waals surface area contributed by atoms with Crippen molar-refractivity contribution in [2.45, 2.75) is 33.7 Å². The number of aryl methyl sites for hydroxylation is 2. The second-order valence-corrected chi connectivity index (χ2v) is 6.76. The van der Waals surface area contributed by atoms with Crippen LogP contribution < -0.4 is 14.8 Å². The Kier molecular flexibility index (Phi) is 5.40. The monoisotopic (exact) mass is 366 g/mol. The number of methoxy groups -OCH3 is 1. The Balaban J connectivity index is 1.80. The van der Waals surface area contributed by atoms with Crippen molar-refractivity contribution in [2.75, 3.05) is 13.7 Å². The zero-order valence-corrected chi connectivity index (χ0v) is 16.5. The fraction of sp³-hybridized carbons (Fsp3) is 0.318. The van der Waals surface area contributed by atoms with E-state index >= 15 is 0 Å². The van der Waals surface area contributed by atoms with E-state index in [0.717, 1.165) is 22.0 Å². The number of carbonyl (C=O) groups excluding carboxylic acids is 1. The van der Waals surface area contributed by atoms with E-state index < -0.39 is 0 Å². The number of aromatic amines is 1. The largest absolute Gasteiger partial charge is 0.493 e. The molecule has 0 fully saturated rings. The average Bonchev–Trinajstić information content (AvgIpc) is 3.06. The topological polar surface area (TPSA) is 63.3 Å². The summed E-state index contributed by atoms with van der Waals surface area (Å²) in [5.41, 5.74) is 4.82. The Morgan fingerprint density at radius 1 is 1.15 bits per heavy atom. The second-order valence-electron chi connectivity index (χ2n) is 6.76. The molecule has 1 atom stereocenters. The molecule has 27 heavy (non-hydrogen) atoms. The number of hydrogen-bond donors (Lipinski definition) is 2. The third-order valence-electron chi connectivity index (χ3n) is 4.67. The van der Waals surface area contributed by atoms with Gasteiger partial charge in [-0.05, 0) is 68.7 Å². The lowest BCUT2D eigenvalue weighted by Gasteiger charge is -2.16. The van der Waals surface area contributed by atoms with Gasteiger partial charge in [0.1, 0.15) is 5.69 Å². The van der Waals surface area contributed by atoms with Crippen LogP contribution in [0.15, 0.2) is 36.4 Å². The van der Waals surface area contributed by atoms with E-state index in [-0.39, 0.29) is 11.9 Å². The highest BCUT2D eigenvalue weighted by atomic mass is 16.5. The van der Waals surface area contributed by atoms with Gasteiger partial charge < -0.3 is 19.8 Å². The summed E-state index contributed by atoms with van der Waals surface area (Å²) in [5.74, 6) is 1.22. The Morgan fingerprint density at radius 3 is 2.63 bits per heavy atom. The molecule has 5 nitrogen and oxygen atoms in total. The first-order valence-electron chi connectivity index (χ1n) is 9.14. The zero-order valence-electron chi connectivity index (χ0n) is 16.5. The van der Waals surface area contributed by atoms with E-state index in [1.807, 2.05) is 38.1 Å².